The molecular weight excluding hydrogens is 448 g/mol. The van der Waals surface area contributed by atoms with Gasteiger partial charge in [0.05, 0.1) is 16.2 Å². The van der Waals surface area contributed by atoms with Gasteiger partial charge in [0.15, 0.2) is 6.61 Å². The number of nitrogens with one attached hydrogen (secondary N) is 1. The van der Waals surface area contributed by atoms with Crippen molar-refractivity contribution < 1.29 is 22.4 Å². The molecule has 146 valence electrons. The lowest BCUT2D eigenvalue weighted by Gasteiger charge is -2.09. The number of benzene rings is 2. The third-order valence-corrected chi connectivity index (χ3v) is 5.82. The minimum atomic E-state index is -3.72. The van der Waals surface area contributed by atoms with Crippen LogP contribution in [-0.4, -0.2) is 19.4 Å². The lowest BCUT2D eigenvalue weighted by molar-refractivity contribution is 0.0437. The van der Waals surface area contributed by atoms with Crippen LogP contribution in [0.4, 0.5) is 5.69 Å². The highest BCUT2D eigenvalue weighted by Gasteiger charge is 2.15. The zero-order valence-corrected chi connectivity index (χ0v) is 17.5. The quantitative estimate of drug-likeness (QED) is 0.548. The molecule has 9 heteroatoms. The average Bonchev–Trinajstić information content (AvgIpc) is 2.98. The van der Waals surface area contributed by atoms with Crippen LogP contribution in [0.15, 0.2) is 62.3 Å². The molecule has 0 atom stereocenters. The molecule has 0 fully saturated rings. The summed E-state index contributed by atoms with van der Waals surface area (Å²) < 4.78 is 38.5. The minimum absolute atomic E-state index is 0.0779. The molecule has 0 radical (unpaired) electrons. The van der Waals surface area contributed by atoms with Gasteiger partial charge in [-0.05, 0) is 62.4 Å². The maximum atomic E-state index is 12.4. The number of ether oxygens (including phenoxy) is 1. The Kier molecular flexibility index (Phi) is 5.85. The first-order valence-corrected chi connectivity index (χ1v) is 10.5. The van der Waals surface area contributed by atoms with Crippen LogP contribution in [0.5, 0.6) is 0 Å². The zero-order valence-electron chi connectivity index (χ0n) is 15.1. The Bertz CT molecular complexity index is 1070. The molecule has 1 heterocycles. The van der Waals surface area contributed by atoms with E-state index < -0.39 is 16.0 Å². The van der Waals surface area contributed by atoms with Crippen molar-refractivity contribution in [3.8, 4) is 0 Å². The van der Waals surface area contributed by atoms with Gasteiger partial charge < -0.3 is 9.15 Å². The number of esters is 1. The van der Waals surface area contributed by atoms with Crippen molar-refractivity contribution in [1.82, 2.24) is 4.98 Å². The van der Waals surface area contributed by atoms with E-state index in [1.807, 2.05) is 0 Å². The second-order valence-corrected chi connectivity index (χ2v) is 8.56. The number of sulfonamides is 1. The molecular formula is C19H17BrN2O5S. The first-order valence-electron chi connectivity index (χ1n) is 8.23. The third-order valence-electron chi connectivity index (χ3n) is 3.90. The van der Waals surface area contributed by atoms with Crippen molar-refractivity contribution in [3.05, 3.63) is 75.9 Å². The maximum absolute atomic E-state index is 12.4. The topological polar surface area (TPSA) is 98.5 Å². The van der Waals surface area contributed by atoms with E-state index in [1.54, 1.807) is 26.0 Å². The van der Waals surface area contributed by atoms with Gasteiger partial charge >= 0.3 is 5.97 Å². The molecule has 0 saturated heterocycles. The smallest absolute Gasteiger partial charge is 0.338 e. The van der Waals surface area contributed by atoms with E-state index in [0.29, 0.717) is 17.3 Å². The molecule has 1 aromatic heterocycles. The summed E-state index contributed by atoms with van der Waals surface area (Å²) in [5.74, 6) is 0.437. The van der Waals surface area contributed by atoms with Crippen molar-refractivity contribution in [1.29, 1.82) is 0 Å². The summed E-state index contributed by atoms with van der Waals surface area (Å²) >= 11 is 3.26. The first-order chi connectivity index (χ1) is 13.2. The summed E-state index contributed by atoms with van der Waals surface area (Å²) in [4.78, 5) is 16.4. The molecule has 0 aliphatic carbocycles. The van der Waals surface area contributed by atoms with Gasteiger partial charge in [-0.1, -0.05) is 15.9 Å². The molecule has 0 aliphatic rings. The highest BCUT2D eigenvalue weighted by molar-refractivity contribution is 9.10. The van der Waals surface area contributed by atoms with Crippen LogP contribution in [0.25, 0.3) is 0 Å². The number of oxazole rings is 1. The number of hydrogen-bond donors (Lipinski definition) is 1. The van der Waals surface area contributed by atoms with Crippen molar-refractivity contribution >= 4 is 37.6 Å². The Balaban J connectivity index is 1.64. The second-order valence-electron chi connectivity index (χ2n) is 5.96. The summed E-state index contributed by atoms with van der Waals surface area (Å²) in [6, 6.07) is 12.2. The van der Waals surface area contributed by atoms with E-state index >= 15 is 0 Å². The fourth-order valence-corrected chi connectivity index (χ4v) is 3.64. The number of carbonyl (C=O) groups excluding carboxylic acids is 1. The van der Waals surface area contributed by atoms with E-state index in [9.17, 15) is 13.2 Å². The molecule has 3 rings (SSSR count). The van der Waals surface area contributed by atoms with Gasteiger partial charge in [-0.25, -0.2) is 18.2 Å². The van der Waals surface area contributed by atoms with Crippen molar-refractivity contribution in [2.45, 2.75) is 25.3 Å². The van der Waals surface area contributed by atoms with Gasteiger partial charge in [0, 0.05) is 10.2 Å². The summed E-state index contributed by atoms with van der Waals surface area (Å²) in [7, 11) is -3.72. The third kappa shape index (κ3) is 4.79. The second kappa shape index (κ2) is 8.15. The molecule has 28 heavy (non-hydrogen) atoms. The number of aryl methyl sites for hydroxylation is 2. The molecule has 1 N–H and O–H groups in total. The molecule has 0 amide bonds. The number of rotatable bonds is 6. The van der Waals surface area contributed by atoms with Gasteiger partial charge in [-0.3, -0.25) is 4.72 Å². The highest BCUT2D eigenvalue weighted by Crippen LogP contribution is 2.19. The maximum Gasteiger partial charge on any atom is 0.338 e. The van der Waals surface area contributed by atoms with Crippen LogP contribution in [0, 0.1) is 13.8 Å². The molecule has 0 saturated carbocycles. The van der Waals surface area contributed by atoms with E-state index in [0.717, 1.165) is 10.2 Å². The van der Waals surface area contributed by atoms with Crippen LogP contribution < -0.4 is 4.72 Å². The molecule has 0 bridgehead atoms. The van der Waals surface area contributed by atoms with Gasteiger partial charge in [-0.2, -0.15) is 0 Å². The number of halogens is 1. The van der Waals surface area contributed by atoms with Gasteiger partial charge in [-0.15, -0.1) is 0 Å². The molecule has 0 spiro atoms. The minimum Gasteiger partial charge on any atom is -0.452 e. The fraction of sp³-hybridized carbons (Fsp3) is 0.158. The average molecular weight is 465 g/mol. The van der Waals surface area contributed by atoms with Crippen LogP contribution in [0.3, 0.4) is 0 Å². The summed E-state index contributed by atoms with van der Waals surface area (Å²) in [6.45, 7) is 3.51. The largest absolute Gasteiger partial charge is 0.452 e. The molecule has 2 aromatic carbocycles. The summed E-state index contributed by atoms with van der Waals surface area (Å²) in [6.07, 6.45) is 0. The SMILES string of the molecule is Cc1nc(COC(=O)c2ccc(NS(=O)(=O)c3ccc(Br)cc3)cc2)oc1C. The molecule has 0 unspecified atom stereocenters. The number of aromatic nitrogens is 1. The molecule has 0 aliphatic heterocycles. The van der Waals surface area contributed by atoms with E-state index in [-0.39, 0.29) is 17.1 Å². The molecule has 3 aromatic rings. The van der Waals surface area contributed by atoms with Crippen LogP contribution in [-0.2, 0) is 21.4 Å². The van der Waals surface area contributed by atoms with Crippen molar-refractivity contribution in [2.24, 2.45) is 0 Å². The number of hydrogen-bond acceptors (Lipinski definition) is 6. The highest BCUT2D eigenvalue weighted by atomic mass is 79.9. The normalized spacial score (nSPS) is 11.2. The fourth-order valence-electron chi connectivity index (χ4n) is 2.31. The zero-order chi connectivity index (χ0) is 20.3. The number of nitrogens with zero attached hydrogens (tertiary/aromatic N) is 1. The Morgan fingerprint density at radius 2 is 1.75 bits per heavy atom. The van der Waals surface area contributed by atoms with Crippen LogP contribution in [0.2, 0.25) is 0 Å². The van der Waals surface area contributed by atoms with Gasteiger partial charge in [0.25, 0.3) is 10.0 Å². The molecule has 7 nitrogen and oxygen atoms in total. The Hall–Kier alpha value is -2.65. The van der Waals surface area contributed by atoms with Crippen LogP contribution in [0.1, 0.15) is 27.7 Å². The van der Waals surface area contributed by atoms with E-state index in [2.05, 4.69) is 25.6 Å². The standard InChI is InChI=1S/C19H17BrN2O5S/c1-12-13(2)27-18(21-12)11-26-19(23)14-3-7-16(8-4-14)22-28(24,25)17-9-5-15(20)6-10-17/h3-10,22H,11H2,1-2H3. The number of carbonyl (C=O) groups is 1. The summed E-state index contributed by atoms with van der Waals surface area (Å²) in [5.41, 5.74) is 1.36. The van der Waals surface area contributed by atoms with Gasteiger partial charge in [0.1, 0.15) is 5.76 Å². The van der Waals surface area contributed by atoms with E-state index in [1.165, 1.54) is 36.4 Å². The number of anilines is 1. The Morgan fingerprint density at radius 3 is 2.32 bits per heavy atom. The summed E-state index contributed by atoms with van der Waals surface area (Å²) in [5, 5.41) is 0. The Morgan fingerprint density at radius 1 is 1.11 bits per heavy atom. The van der Waals surface area contributed by atoms with E-state index in [4.69, 9.17) is 9.15 Å². The van der Waals surface area contributed by atoms with Crippen molar-refractivity contribution in [3.63, 3.8) is 0 Å². The predicted octanol–water partition coefficient (Wildman–Crippen LogP) is 4.21. The Labute approximate surface area is 170 Å². The first kappa shape index (κ1) is 20.1. The lowest BCUT2D eigenvalue weighted by Crippen LogP contribution is -2.13. The predicted molar refractivity (Wildman–Crippen MR) is 106 cm³/mol. The van der Waals surface area contributed by atoms with Gasteiger partial charge in [0.2, 0.25) is 5.89 Å². The lowest BCUT2D eigenvalue weighted by atomic mass is 10.2. The van der Waals surface area contributed by atoms with Crippen molar-refractivity contribution in [2.75, 3.05) is 4.72 Å². The monoisotopic (exact) mass is 464 g/mol. The van der Waals surface area contributed by atoms with Crippen LogP contribution >= 0.6 is 15.9 Å².